The van der Waals surface area contributed by atoms with Gasteiger partial charge in [0.1, 0.15) is 0 Å². The van der Waals surface area contributed by atoms with Gasteiger partial charge in [0.25, 0.3) is 0 Å². The largest absolute Gasteiger partial charge is 0.379 e. The van der Waals surface area contributed by atoms with Gasteiger partial charge in [0.15, 0.2) is 0 Å². The molecule has 0 radical (unpaired) electrons. The maximum absolute atomic E-state index is 12.6. The Hall–Kier alpha value is -1.40. The number of halogens is 1. The molecule has 1 aliphatic carbocycles. The van der Waals surface area contributed by atoms with Crippen molar-refractivity contribution in [2.75, 3.05) is 45.9 Å². The zero-order chi connectivity index (χ0) is 22.9. The van der Waals surface area contributed by atoms with Gasteiger partial charge in [-0.25, -0.2) is 0 Å². The maximum Gasteiger partial charge on any atom is 0.220 e. The van der Waals surface area contributed by atoms with E-state index in [9.17, 15) is 4.79 Å². The van der Waals surface area contributed by atoms with Crippen molar-refractivity contribution in [2.24, 2.45) is 5.92 Å². The summed E-state index contributed by atoms with van der Waals surface area (Å²) in [6, 6.07) is 8.75. The highest BCUT2D eigenvalue weighted by Crippen LogP contribution is 2.28. The molecule has 2 atom stereocenters. The van der Waals surface area contributed by atoms with E-state index in [4.69, 9.17) is 16.3 Å². The molecule has 1 amide bonds. The Bertz CT molecular complexity index is 776. The van der Waals surface area contributed by atoms with Crippen LogP contribution in [0.15, 0.2) is 35.9 Å². The van der Waals surface area contributed by atoms with Gasteiger partial charge >= 0.3 is 0 Å². The fourth-order valence-corrected chi connectivity index (χ4v) is 5.79. The molecule has 1 aromatic rings. The number of piperidine rings is 1. The van der Waals surface area contributed by atoms with E-state index >= 15 is 0 Å². The number of nitrogens with zero attached hydrogens (tertiary/aromatic N) is 2. The number of morpholine rings is 1. The normalized spacial score (nSPS) is 24.9. The number of nitrogens with one attached hydrogen (secondary N) is 1. The lowest BCUT2D eigenvalue weighted by Crippen LogP contribution is -2.54. The third-order valence-corrected chi connectivity index (χ3v) is 7.76. The Balaban J connectivity index is 1.28. The number of rotatable bonds is 9. The molecule has 1 aromatic carbocycles. The van der Waals surface area contributed by atoms with Crippen LogP contribution in [0.3, 0.4) is 0 Å². The van der Waals surface area contributed by atoms with Gasteiger partial charge in [0.05, 0.1) is 13.2 Å². The predicted octanol–water partition coefficient (Wildman–Crippen LogP) is 4.65. The van der Waals surface area contributed by atoms with E-state index < -0.39 is 0 Å². The van der Waals surface area contributed by atoms with Gasteiger partial charge in [-0.2, -0.15) is 0 Å². The Labute approximate surface area is 204 Å². The highest BCUT2D eigenvalue weighted by atomic mass is 35.5. The highest BCUT2D eigenvalue weighted by Gasteiger charge is 2.34. The molecule has 2 heterocycles. The molecule has 0 spiro atoms. The first-order valence-corrected chi connectivity index (χ1v) is 13.3. The summed E-state index contributed by atoms with van der Waals surface area (Å²) < 4.78 is 5.60. The lowest BCUT2D eigenvalue weighted by molar-refractivity contribution is -0.121. The summed E-state index contributed by atoms with van der Waals surface area (Å²) in [5.74, 6) is 0.720. The molecule has 3 aliphatic rings. The van der Waals surface area contributed by atoms with Crippen LogP contribution in [-0.2, 0) is 16.1 Å². The van der Waals surface area contributed by atoms with E-state index in [1.807, 2.05) is 12.1 Å². The third kappa shape index (κ3) is 7.81. The number of hydrogen-bond acceptors (Lipinski definition) is 4. The third-order valence-electron chi connectivity index (χ3n) is 7.51. The van der Waals surface area contributed by atoms with E-state index in [1.54, 1.807) is 0 Å². The number of carbonyl (C=O) groups excluding carboxylic acids is 1. The van der Waals surface area contributed by atoms with E-state index in [2.05, 4.69) is 33.3 Å². The Kier molecular flexibility index (Phi) is 9.66. The topological polar surface area (TPSA) is 44.8 Å². The second kappa shape index (κ2) is 12.9. The zero-order valence-corrected chi connectivity index (χ0v) is 20.7. The number of benzene rings is 1. The number of ether oxygens (including phenoxy) is 1. The average Bonchev–Trinajstić information content (AvgIpc) is 2.85. The second-order valence-corrected chi connectivity index (χ2v) is 10.3. The molecule has 2 fully saturated rings. The quantitative estimate of drug-likeness (QED) is 0.530. The van der Waals surface area contributed by atoms with Crippen LogP contribution >= 0.6 is 11.6 Å². The highest BCUT2D eigenvalue weighted by molar-refractivity contribution is 6.30. The van der Waals surface area contributed by atoms with Crippen LogP contribution in [-0.4, -0.2) is 67.7 Å². The van der Waals surface area contributed by atoms with Crippen molar-refractivity contribution in [3.05, 3.63) is 46.5 Å². The fourth-order valence-electron chi connectivity index (χ4n) is 5.66. The van der Waals surface area contributed by atoms with Crippen molar-refractivity contribution in [2.45, 2.75) is 64.0 Å². The van der Waals surface area contributed by atoms with Crippen LogP contribution in [0.4, 0.5) is 0 Å². The molecule has 1 N–H and O–H groups in total. The lowest BCUT2D eigenvalue weighted by atomic mass is 9.86. The summed E-state index contributed by atoms with van der Waals surface area (Å²) in [5, 5.41) is 3.97. The van der Waals surface area contributed by atoms with Crippen LogP contribution in [0, 0.1) is 5.92 Å². The Morgan fingerprint density at radius 2 is 1.94 bits per heavy atom. The monoisotopic (exact) mass is 473 g/mol. The van der Waals surface area contributed by atoms with Crippen molar-refractivity contribution >= 4 is 17.5 Å². The lowest BCUT2D eigenvalue weighted by Gasteiger charge is -2.45. The first-order valence-electron chi connectivity index (χ1n) is 12.9. The minimum absolute atomic E-state index is 0.210. The minimum atomic E-state index is 0.210. The van der Waals surface area contributed by atoms with Crippen LogP contribution in [0.2, 0.25) is 5.02 Å². The number of amides is 1. The summed E-state index contributed by atoms with van der Waals surface area (Å²) in [6.45, 7) is 7.56. The van der Waals surface area contributed by atoms with Gasteiger partial charge in [0.2, 0.25) is 5.91 Å². The van der Waals surface area contributed by atoms with Gasteiger partial charge in [0, 0.05) is 50.2 Å². The number of carbonyl (C=O) groups is 1. The number of allylic oxidation sites excluding steroid dienone is 1. The molecule has 2 aliphatic heterocycles. The van der Waals surface area contributed by atoms with Crippen molar-refractivity contribution in [1.82, 2.24) is 15.1 Å². The predicted molar refractivity (Wildman–Crippen MR) is 134 cm³/mol. The molecular formula is C27H40ClN3O2. The maximum atomic E-state index is 12.6. The fraction of sp³-hybridized carbons (Fsp3) is 0.667. The first kappa shape index (κ1) is 24.7. The SMILES string of the molecule is O=C(CC[C@@H]1CN(Cc2ccc(Cl)cc2)CC[C@@H]1N1CCOCC1)NCCC1=CCCCC1. The summed E-state index contributed by atoms with van der Waals surface area (Å²) >= 11 is 6.06. The van der Waals surface area contributed by atoms with Crippen LogP contribution in [0.25, 0.3) is 0 Å². The number of hydrogen-bond donors (Lipinski definition) is 1. The van der Waals surface area contributed by atoms with E-state index in [1.165, 1.54) is 36.8 Å². The summed E-state index contributed by atoms with van der Waals surface area (Å²) in [7, 11) is 0. The molecule has 182 valence electrons. The van der Waals surface area contributed by atoms with Crippen molar-refractivity contribution in [1.29, 1.82) is 0 Å². The summed E-state index contributed by atoms with van der Waals surface area (Å²) in [5.41, 5.74) is 2.83. The van der Waals surface area contributed by atoms with E-state index in [0.717, 1.165) is 76.8 Å². The van der Waals surface area contributed by atoms with Crippen molar-refractivity contribution in [3.8, 4) is 0 Å². The standard InChI is InChI=1S/C27H40ClN3O2/c28-25-9-6-23(7-10-25)20-30-15-13-26(31-16-18-33-19-17-31)24(21-30)8-11-27(32)29-14-12-22-4-2-1-3-5-22/h4,6-7,9-10,24,26H,1-3,5,8,11-21H2,(H,29,32)/t24-,26+/m1/s1. The molecular weight excluding hydrogens is 434 g/mol. The van der Waals surface area contributed by atoms with E-state index in [0.29, 0.717) is 18.4 Å². The van der Waals surface area contributed by atoms with Gasteiger partial charge < -0.3 is 10.1 Å². The van der Waals surface area contributed by atoms with Gasteiger partial charge in [-0.15, -0.1) is 0 Å². The molecule has 33 heavy (non-hydrogen) atoms. The first-order chi connectivity index (χ1) is 16.2. The van der Waals surface area contributed by atoms with Crippen molar-refractivity contribution < 1.29 is 9.53 Å². The van der Waals surface area contributed by atoms with E-state index in [-0.39, 0.29) is 5.91 Å². The Morgan fingerprint density at radius 1 is 1.12 bits per heavy atom. The molecule has 0 saturated carbocycles. The van der Waals surface area contributed by atoms with Gasteiger partial charge in [-0.1, -0.05) is 35.4 Å². The Morgan fingerprint density at radius 3 is 2.70 bits per heavy atom. The average molecular weight is 474 g/mol. The minimum Gasteiger partial charge on any atom is -0.379 e. The summed E-state index contributed by atoms with van der Waals surface area (Å²) in [6.07, 6.45) is 11.2. The van der Waals surface area contributed by atoms with Crippen LogP contribution in [0.5, 0.6) is 0 Å². The molecule has 0 unspecified atom stereocenters. The molecule has 4 rings (SSSR count). The molecule has 5 nitrogen and oxygen atoms in total. The molecule has 6 heteroatoms. The van der Waals surface area contributed by atoms with Gasteiger partial charge in [-0.05, 0) is 75.1 Å². The zero-order valence-electron chi connectivity index (χ0n) is 19.9. The molecule has 0 bridgehead atoms. The summed E-state index contributed by atoms with van der Waals surface area (Å²) in [4.78, 5) is 17.8. The van der Waals surface area contributed by atoms with Crippen molar-refractivity contribution in [3.63, 3.8) is 0 Å². The number of likely N-dealkylation sites (tertiary alicyclic amines) is 1. The second-order valence-electron chi connectivity index (χ2n) is 9.87. The smallest absolute Gasteiger partial charge is 0.220 e. The van der Waals surface area contributed by atoms with Crippen LogP contribution in [0.1, 0.15) is 56.9 Å². The molecule has 2 saturated heterocycles. The van der Waals surface area contributed by atoms with Gasteiger partial charge in [-0.3, -0.25) is 14.6 Å². The van der Waals surface area contributed by atoms with Crippen LogP contribution < -0.4 is 5.32 Å². The molecule has 0 aromatic heterocycles.